The fourth-order valence-corrected chi connectivity index (χ4v) is 2.34. The first kappa shape index (κ1) is 17.5. The standard InChI is InChI=1S/C13H15BrN2O4S/c14-10-3-1-2-9(6-10)13(20)16-7-11(17)15-4-5-21-8-12(18)19/h1-3,6H,4-5,7-8H2,(H,15,17)(H,16,20)(H,18,19). The Balaban J connectivity index is 2.21. The van der Waals surface area contributed by atoms with Crippen molar-refractivity contribution in [3.05, 3.63) is 34.3 Å². The Labute approximate surface area is 134 Å². The zero-order chi connectivity index (χ0) is 15.7. The van der Waals surface area contributed by atoms with Crippen molar-refractivity contribution in [2.75, 3.05) is 24.6 Å². The van der Waals surface area contributed by atoms with Gasteiger partial charge in [-0.15, -0.1) is 11.8 Å². The van der Waals surface area contributed by atoms with Crippen LogP contribution in [0.5, 0.6) is 0 Å². The van der Waals surface area contributed by atoms with Gasteiger partial charge in [0.2, 0.25) is 5.91 Å². The van der Waals surface area contributed by atoms with Gasteiger partial charge in [-0.1, -0.05) is 22.0 Å². The van der Waals surface area contributed by atoms with Crippen LogP contribution in [0.15, 0.2) is 28.7 Å². The molecular weight excluding hydrogens is 360 g/mol. The Morgan fingerprint density at radius 1 is 1.24 bits per heavy atom. The molecule has 0 unspecified atom stereocenters. The van der Waals surface area contributed by atoms with E-state index in [1.54, 1.807) is 24.3 Å². The van der Waals surface area contributed by atoms with Gasteiger partial charge in [-0.3, -0.25) is 14.4 Å². The van der Waals surface area contributed by atoms with Gasteiger partial charge in [0.15, 0.2) is 0 Å². The molecule has 1 aromatic rings. The molecule has 0 fully saturated rings. The molecule has 2 amide bonds. The molecule has 0 bridgehead atoms. The molecule has 0 atom stereocenters. The van der Waals surface area contributed by atoms with Gasteiger partial charge in [-0.05, 0) is 18.2 Å². The molecule has 0 aromatic heterocycles. The maximum absolute atomic E-state index is 11.8. The SMILES string of the molecule is O=C(O)CSCCNC(=O)CNC(=O)c1cccc(Br)c1. The summed E-state index contributed by atoms with van der Waals surface area (Å²) in [5.41, 5.74) is 0.467. The van der Waals surface area contributed by atoms with E-state index in [9.17, 15) is 14.4 Å². The van der Waals surface area contributed by atoms with Crippen molar-refractivity contribution >= 4 is 45.5 Å². The summed E-state index contributed by atoms with van der Waals surface area (Å²) in [6.07, 6.45) is 0. The topological polar surface area (TPSA) is 95.5 Å². The number of benzene rings is 1. The lowest BCUT2D eigenvalue weighted by atomic mass is 10.2. The molecule has 6 nitrogen and oxygen atoms in total. The van der Waals surface area contributed by atoms with Gasteiger partial charge in [0.25, 0.3) is 5.91 Å². The number of halogens is 1. The minimum absolute atomic E-state index is 0.00942. The van der Waals surface area contributed by atoms with Crippen LogP contribution in [0.3, 0.4) is 0 Å². The smallest absolute Gasteiger partial charge is 0.313 e. The van der Waals surface area contributed by atoms with Crippen LogP contribution in [0.1, 0.15) is 10.4 Å². The molecule has 0 saturated carbocycles. The molecule has 0 aliphatic carbocycles. The van der Waals surface area contributed by atoms with E-state index in [-0.39, 0.29) is 24.1 Å². The normalized spacial score (nSPS) is 9.95. The van der Waals surface area contributed by atoms with Crippen molar-refractivity contribution in [1.29, 1.82) is 0 Å². The summed E-state index contributed by atoms with van der Waals surface area (Å²) in [7, 11) is 0. The van der Waals surface area contributed by atoms with Crippen molar-refractivity contribution in [2.24, 2.45) is 0 Å². The van der Waals surface area contributed by atoms with Crippen molar-refractivity contribution < 1.29 is 19.5 Å². The van der Waals surface area contributed by atoms with Crippen LogP contribution in [0.4, 0.5) is 0 Å². The fourth-order valence-electron chi connectivity index (χ4n) is 1.38. The summed E-state index contributed by atoms with van der Waals surface area (Å²) in [4.78, 5) is 33.5. The number of hydrogen-bond acceptors (Lipinski definition) is 4. The van der Waals surface area contributed by atoms with E-state index in [0.29, 0.717) is 17.9 Å². The van der Waals surface area contributed by atoms with E-state index in [2.05, 4.69) is 26.6 Å². The van der Waals surface area contributed by atoms with E-state index in [0.717, 1.165) is 4.47 Å². The highest BCUT2D eigenvalue weighted by Gasteiger charge is 2.08. The van der Waals surface area contributed by atoms with Crippen LogP contribution in [-0.2, 0) is 9.59 Å². The minimum atomic E-state index is -0.882. The van der Waals surface area contributed by atoms with Crippen LogP contribution < -0.4 is 10.6 Å². The molecule has 0 aliphatic heterocycles. The molecule has 0 heterocycles. The van der Waals surface area contributed by atoms with Crippen molar-refractivity contribution in [3.8, 4) is 0 Å². The van der Waals surface area contributed by atoms with E-state index in [1.807, 2.05) is 0 Å². The first-order valence-electron chi connectivity index (χ1n) is 6.09. The van der Waals surface area contributed by atoms with E-state index in [1.165, 1.54) is 11.8 Å². The van der Waals surface area contributed by atoms with Crippen molar-refractivity contribution in [3.63, 3.8) is 0 Å². The Morgan fingerprint density at radius 3 is 2.67 bits per heavy atom. The van der Waals surface area contributed by atoms with Crippen LogP contribution in [0, 0.1) is 0 Å². The molecule has 21 heavy (non-hydrogen) atoms. The summed E-state index contributed by atoms with van der Waals surface area (Å²) in [5.74, 6) is -0.999. The molecule has 1 aromatic carbocycles. The zero-order valence-corrected chi connectivity index (χ0v) is 13.5. The molecule has 0 saturated heterocycles. The van der Waals surface area contributed by atoms with E-state index < -0.39 is 5.97 Å². The number of carbonyl (C=O) groups is 3. The first-order chi connectivity index (χ1) is 9.99. The highest BCUT2D eigenvalue weighted by atomic mass is 79.9. The van der Waals surface area contributed by atoms with Gasteiger partial charge in [0.1, 0.15) is 0 Å². The lowest BCUT2D eigenvalue weighted by Gasteiger charge is -2.07. The van der Waals surface area contributed by atoms with Gasteiger partial charge < -0.3 is 15.7 Å². The van der Waals surface area contributed by atoms with E-state index in [4.69, 9.17) is 5.11 Å². The highest BCUT2D eigenvalue weighted by molar-refractivity contribution is 9.10. The first-order valence-corrected chi connectivity index (χ1v) is 8.04. The second kappa shape index (κ2) is 9.41. The third-order valence-electron chi connectivity index (χ3n) is 2.29. The molecule has 0 aliphatic rings. The summed E-state index contributed by atoms with van der Waals surface area (Å²) in [6.45, 7) is 0.248. The highest BCUT2D eigenvalue weighted by Crippen LogP contribution is 2.11. The Hall–Kier alpha value is -1.54. The molecule has 8 heteroatoms. The Morgan fingerprint density at radius 2 is 2.00 bits per heavy atom. The number of amides is 2. The predicted octanol–water partition coefficient (Wildman–Crippen LogP) is 1.11. The quantitative estimate of drug-likeness (QED) is 0.592. The lowest BCUT2D eigenvalue weighted by molar-refractivity contribution is -0.133. The number of aliphatic carboxylic acids is 1. The average Bonchev–Trinajstić information content (AvgIpc) is 2.44. The predicted molar refractivity (Wildman–Crippen MR) is 84.4 cm³/mol. The summed E-state index contributed by atoms with van der Waals surface area (Å²) in [6, 6.07) is 6.85. The van der Waals surface area contributed by atoms with Crippen LogP contribution in [-0.4, -0.2) is 47.5 Å². The summed E-state index contributed by atoms with van der Waals surface area (Å²) in [5, 5.41) is 13.5. The summed E-state index contributed by atoms with van der Waals surface area (Å²) >= 11 is 4.49. The van der Waals surface area contributed by atoms with Gasteiger partial charge in [0, 0.05) is 22.3 Å². The van der Waals surface area contributed by atoms with Crippen LogP contribution >= 0.6 is 27.7 Å². The van der Waals surface area contributed by atoms with Gasteiger partial charge in [-0.2, -0.15) is 0 Å². The number of rotatable bonds is 8. The molecule has 3 N–H and O–H groups in total. The average molecular weight is 375 g/mol. The molecule has 0 radical (unpaired) electrons. The van der Waals surface area contributed by atoms with Crippen LogP contribution in [0.25, 0.3) is 0 Å². The zero-order valence-electron chi connectivity index (χ0n) is 11.1. The largest absolute Gasteiger partial charge is 0.481 e. The number of thioether (sulfide) groups is 1. The van der Waals surface area contributed by atoms with Crippen LogP contribution in [0.2, 0.25) is 0 Å². The molecule has 0 spiro atoms. The maximum atomic E-state index is 11.8. The monoisotopic (exact) mass is 374 g/mol. The van der Waals surface area contributed by atoms with Crippen molar-refractivity contribution in [2.45, 2.75) is 0 Å². The number of carboxylic acids is 1. The van der Waals surface area contributed by atoms with Crippen molar-refractivity contribution in [1.82, 2.24) is 10.6 Å². The molecule has 1 rings (SSSR count). The minimum Gasteiger partial charge on any atom is -0.481 e. The second-order valence-electron chi connectivity index (χ2n) is 3.99. The number of carboxylic acid groups (broad SMARTS) is 1. The van der Waals surface area contributed by atoms with Gasteiger partial charge >= 0.3 is 5.97 Å². The maximum Gasteiger partial charge on any atom is 0.313 e. The van der Waals surface area contributed by atoms with Gasteiger partial charge in [0.05, 0.1) is 12.3 Å². The summed E-state index contributed by atoms with van der Waals surface area (Å²) < 4.78 is 0.787. The second-order valence-corrected chi connectivity index (χ2v) is 6.01. The third-order valence-corrected chi connectivity index (χ3v) is 3.73. The molecular formula is C13H15BrN2O4S. The van der Waals surface area contributed by atoms with Gasteiger partial charge in [-0.25, -0.2) is 0 Å². The lowest BCUT2D eigenvalue weighted by Crippen LogP contribution is -2.37. The Bertz CT molecular complexity index is 525. The fraction of sp³-hybridized carbons (Fsp3) is 0.308. The van der Waals surface area contributed by atoms with E-state index >= 15 is 0 Å². The number of carbonyl (C=O) groups excluding carboxylic acids is 2. The third kappa shape index (κ3) is 7.72. The molecule has 114 valence electrons. The number of nitrogens with one attached hydrogen (secondary N) is 2. The number of hydrogen-bond donors (Lipinski definition) is 3. The Kier molecular flexibility index (Phi) is 7.84.